The molecular formula is C13H9ClF3NO2S. The SMILES string of the molecule is O=S(=O)(c1ccc(Nc2ccc(F)c(Cl)c2)cc1)C(F)F. The molecule has 0 bridgehead atoms. The van der Waals surface area contributed by atoms with E-state index in [0.29, 0.717) is 11.4 Å². The molecule has 0 saturated carbocycles. The van der Waals surface area contributed by atoms with Crippen LogP contribution in [0.5, 0.6) is 0 Å². The number of rotatable bonds is 4. The van der Waals surface area contributed by atoms with Crippen molar-refractivity contribution in [1.29, 1.82) is 0 Å². The maximum atomic E-state index is 13.0. The summed E-state index contributed by atoms with van der Waals surface area (Å²) >= 11 is 5.62. The molecule has 8 heteroatoms. The molecule has 0 atom stereocenters. The number of hydrogen-bond acceptors (Lipinski definition) is 3. The predicted octanol–water partition coefficient (Wildman–Crippen LogP) is 4.22. The molecule has 0 fully saturated rings. The first-order valence-electron chi connectivity index (χ1n) is 5.65. The molecule has 0 saturated heterocycles. The molecule has 2 aromatic rings. The summed E-state index contributed by atoms with van der Waals surface area (Å²) < 4.78 is 60.3. The zero-order valence-electron chi connectivity index (χ0n) is 10.4. The van der Waals surface area contributed by atoms with Crippen molar-refractivity contribution in [3.8, 4) is 0 Å². The van der Waals surface area contributed by atoms with Crippen molar-refractivity contribution < 1.29 is 21.6 Å². The van der Waals surface area contributed by atoms with Crippen LogP contribution in [0.2, 0.25) is 5.02 Å². The Balaban J connectivity index is 2.22. The summed E-state index contributed by atoms with van der Waals surface area (Å²) in [7, 11) is -4.61. The molecule has 2 rings (SSSR count). The number of hydrogen-bond donors (Lipinski definition) is 1. The van der Waals surface area contributed by atoms with E-state index in [0.717, 1.165) is 12.1 Å². The van der Waals surface area contributed by atoms with Crippen molar-refractivity contribution in [3.63, 3.8) is 0 Å². The molecule has 0 aliphatic carbocycles. The molecule has 21 heavy (non-hydrogen) atoms. The molecule has 0 aromatic heterocycles. The third-order valence-corrected chi connectivity index (χ3v) is 4.31. The number of anilines is 2. The van der Waals surface area contributed by atoms with Crippen molar-refractivity contribution in [3.05, 3.63) is 53.3 Å². The summed E-state index contributed by atoms with van der Waals surface area (Å²) in [5, 5.41) is 2.77. The second-order valence-corrected chi connectivity index (χ2v) is 6.41. The van der Waals surface area contributed by atoms with Crippen LogP contribution in [0.25, 0.3) is 0 Å². The van der Waals surface area contributed by atoms with Crippen LogP contribution in [0.4, 0.5) is 24.5 Å². The molecular weight excluding hydrogens is 327 g/mol. The van der Waals surface area contributed by atoms with E-state index in [1.165, 1.54) is 30.3 Å². The summed E-state index contributed by atoms with van der Waals surface area (Å²) in [4.78, 5) is -0.472. The van der Waals surface area contributed by atoms with Gasteiger partial charge in [-0.2, -0.15) is 8.78 Å². The largest absolute Gasteiger partial charge is 0.355 e. The topological polar surface area (TPSA) is 46.2 Å². The minimum Gasteiger partial charge on any atom is -0.355 e. The summed E-state index contributed by atoms with van der Waals surface area (Å²) in [6, 6.07) is 8.73. The fourth-order valence-corrected chi connectivity index (χ4v) is 2.47. The number of halogens is 4. The van der Waals surface area contributed by atoms with Gasteiger partial charge in [-0.05, 0) is 42.5 Å². The molecule has 1 N–H and O–H groups in total. The van der Waals surface area contributed by atoms with Crippen LogP contribution in [0.1, 0.15) is 0 Å². The predicted molar refractivity (Wildman–Crippen MR) is 74.3 cm³/mol. The molecule has 0 aliphatic heterocycles. The van der Waals surface area contributed by atoms with Crippen molar-refractivity contribution in [1.82, 2.24) is 0 Å². The molecule has 0 amide bonds. The maximum Gasteiger partial charge on any atom is 0.341 e. The van der Waals surface area contributed by atoms with Crippen LogP contribution in [-0.4, -0.2) is 14.2 Å². The van der Waals surface area contributed by atoms with Crippen molar-refractivity contribution in [2.75, 3.05) is 5.32 Å². The first kappa shape index (κ1) is 15.7. The van der Waals surface area contributed by atoms with E-state index in [2.05, 4.69) is 5.32 Å². The Morgan fingerprint density at radius 1 is 1.00 bits per heavy atom. The first-order chi connectivity index (χ1) is 9.80. The lowest BCUT2D eigenvalue weighted by atomic mass is 10.2. The molecule has 0 spiro atoms. The zero-order valence-corrected chi connectivity index (χ0v) is 11.9. The van der Waals surface area contributed by atoms with Crippen LogP contribution < -0.4 is 5.32 Å². The average Bonchev–Trinajstić information content (AvgIpc) is 2.43. The average molecular weight is 336 g/mol. The van der Waals surface area contributed by atoms with Crippen LogP contribution in [0.3, 0.4) is 0 Å². The molecule has 0 unspecified atom stereocenters. The smallest absolute Gasteiger partial charge is 0.341 e. The summed E-state index contributed by atoms with van der Waals surface area (Å²) in [5.74, 6) is -4.03. The van der Waals surface area contributed by atoms with E-state index >= 15 is 0 Å². The Morgan fingerprint density at radius 3 is 2.10 bits per heavy atom. The molecule has 0 heterocycles. The fourth-order valence-electron chi connectivity index (χ4n) is 1.57. The van der Waals surface area contributed by atoms with Gasteiger partial charge in [0.05, 0.1) is 9.92 Å². The highest BCUT2D eigenvalue weighted by Crippen LogP contribution is 2.24. The number of sulfone groups is 1. The van der Waals surface area contributed by atoms with Gasteiger partial charge in [0, 0.05) is 11.4 Å². The quantitative estimate of drug-likeness (QED) is 0.910. The lowest BCUT2D eigenvalue weighted by Gasteiger charge is -2.08. The Hall–Kier alpha value is -1.73. The lowest BCUT2D eigenvalue weighted by Crippen LogP contribution is -2.11. The summed E-state index contributed by atoms with van der Waals surface area (Å²) in [6.45, 7) is 0. The minimum atomic E-state index is -4.61. The normalized spacial score (nSPS) is 11.7. The first-order valence-corrected chi connectivity index (χ1v) is 7.57. The van der Waals surface area contributed by atoms with E-state index in [4.69, 9.17) is 11.6 Å². The Kier molecular flexibility index (Phi) is 4.43. The van der Waals surface area contributed by atoms with Gasteiger partial charge in [0.2, 0.25) is 9.84 Å². The third-order valence-electron chi connectivity index (χ3n) is 2.63. The van der Waals surface area contributed by atoms with E-state index in [9.17, 15) is 21.6 Å². The second-order valence-electron chi connectivity index (χ2n) is 4.08. The highest BCUT2D eigenvalue weighted by atomic mass is 35.5. The van der Waals surface area contributed by atoms with Gasteiger partial charge in [-0.25, -0.2) is 12.8 Å². The van der Waals surface area contributed by atoms with E-state index < -0.39 is 26.3 Å². The monoisotopic (exact) mass is 335 g/mol. The van der Waals surface area contributed by atoms with Crippen LogP contribution in [0, 0.1) is 5.82 Å². The third kappa shape index (κ3) is 3.48. The van der Waals surface area contributed by atoms with Crippen LogP contribution in [0.15, 0.2) is 47.4 Å². The molecule has 3 nitrogen and oxygen atoms in total. The number of alkyl halides is 2. The molecule has 2 aromatic carbocycles. The van der Waals surface area contributed by atoms with Crippen molar-refractivity contribution >= 4 is 32.8 Å². The standard InChI is InChI=1S/C13H9ClF3NO2S/c14-11-7-9(3-6-12(11)15)18-8-1-4-10(5-2-8)21(19,20)13(16)17/h1-7,13,18H. The maximum absolute atomic E-state index is 13.0. The molecule has 112 valence electrons. The van der Waals surface area contributed by atoms with Gasteiger partial charge in [-0.3, -0.25) is 0 Å². The van der Waals surface area contributed by atoms with E-state index in [1.54, 1.807) is 0 Å². The van der Waals surface area contributed by atoms with Gasteiger partial charge in [0.1, 0.15) is 5.82 Å². The van der Waals surface area contributed by atoms with Crippen LogP contribution in [-0.2, 0) is 9.84 Å². The van der Waals surface area contributed by atoms with E-state index in [1.807, 2.05) is 0 Å². The lowest BCUT2D eigenvalue weighted by molar-refractivity contribution is 0.234. The zero-order chi connectivity index (χ0) is 15.6. The van der Waals surface area contributed by atoms with Gasteiger partial charge in [-0.15, -0.1) is 0 Å². The van der Waals surface area contributed by atoms with Gasteiger partial charge in [0.15, 0.2) is 0 Å². The van der Waals surface area contributed by atoms with Gasteiger partial charge in [0.25, 0.3) is 0 Å². The summed E-state index contributed by atoms with van der Waals surface area (Å²) in [5.41, 5.74) is 0.928. The Morgan fingerprint density at radius 2 is 1.57 bits per heavy atom. The number of benzene rings is 2. The van der Waals surface area contributed by atoms with Crippen LogP contribution >= 0.6 is 11.6 Å². The van der Waals surface area contributed by atoms with Gasteiger partial charge >= 0.3 is 5.76 Å². The van der Waals surface area contributed by atoms with Crippen molar-refractivity contribution in [2.45, 2.75) is 10.7 Å². The van der Waals surface area contributed by atoms with Gasteiger partial charge in [-0.1, -0.05) is 11.6 Å². The summed E-state index contributed by atoms with van der Waals surface area (Å²) in [6.07, 6.45) is 0. The minimum absolute atomic E-state index is 0.0723. The Labute approximate surface area is 124 Å². The highest BCUT2D eigenvalue weighted by molar-refractivity contribution is 7.91. The number of nitrogens with one attached hydrogen (secondary N) is 1. The fraction of sp³-hybridized carbons (Fsp3) is 0.0769. The van der Waals surface area contributed by atoms with Crippen molar-refractivity contribution in [2.24, 2.45) is 0 Å². The molecule has 0 radical (unpaired) electrons. The Bertz CT molecular complexity index is 749. The second kappa shape index (κ2) is 5.95. The highest BCUT2D eigenvalue weighted by Gasteiger charge is 2.26. The van der Waals surface area contributed by atoms with E-state index in [-0.39, 0.29) is 5.02 Å². The molecule has 0 aliphatic rings. The van der Waals surface area contributed by atoms with Gasteiger partial charge < -0.3 is 5.32 Å².